The van der Waals surface area contributed by atoms with Gasteiger partial charge in [0.25, 0.3) is 0 Å². The molecule has 0 aromatic heterocycles. The second kappa shape index (κ2) is 5.50. The zero-order valence-corrected chi connectivity index (χ0v) is 12.0. The molecular weight excluding hydrogens is 222 g/mol. The topological polar surface area (TPSA) is 21.3 Å². The van der Waals surface area contributed by atoms with Crippen LogP contribution in [0.25, 0.3) is 0 Å². The molecule has 0 saturated heterocycles. The van der Waals surface area contributed by atoms with E-state index in [1.807, 2.05) is 0 Å². The number of hydrogen-bond donors (Lipinski definition) is 1. The van der Waals surface area contributed by atoms with Gasteiger partial charge in [-0.2, -0.15) is 0 Å². The molecule has 4 aliphatic rings. The summed E-state index contributed by atoms with van der Waals surface area (Å²) in [7, 11) is 2.13. The molecule has 1 atom stereocenters. The van der Waals surface area contributed by atoms with Crippen LogP contribution in [-0.2, 0) is 4.74 Å². The van der Waals surface area contributed by atoms with Gasteiger partial charge in [0.15, 0.2) is 0 Å². The van der Waals surface area contributed by atoms with Crippen molar-refractivity contribution in [3.63, 3.8) is 0 Å². The van der Waals surface area contributed by atoms with E-state index >= 15 is 0 Å². The van der Waals surface area contributed by atoms with Crippen LogP contribution in [0.2, 0.25) is 0 Å². The summed E-state index contributed by atoms with van der Waals surface area (Å²) in [5, 5.41) is 3.56. The van der Waals surface area contributed by atoms with Crippen molar-refractivity contribution in [1.82, 2.24) is 5.32 Å². The summed E-state index contributed by atoms with van der Waals surface area (Å²) in [6.45, 7) is 4.04. The van der Waals surface area contributed by atoms with Crippen molar-refractivity contribution in [2.75, 3.05) is 20.3 Å². The fourth-order valence-electron chi connectivity index (χ4n) is 5.37. The number of likely N-dealkylation sites (N-methyl/N-ethyl adjacent to an activating group) is 1. The molecule has 0 radical (unpaired) electrons. The van der Waals surface area contributed by atoms with E-state index in [1.54, 1.807) is 6.42 Å². The van der Waals surface area contributed by atoms with Crippen LogP contribution in [0.4, 0.5) is 0 Å². The Labute approximate surface area is 112 Å². The third-order valence-corrected chi connectivity index (χ3v) is 5.78. The quantitative estimate of drug-likeness (QED) is 0.733. The van der Waals surface area contributed by atoms with Crippen molar-refractivity contribution < 1.29 is 4.74 Å². The fraction of sp³-hybridized carbons (Fsp3) is 1.00. The minimum Gasteiger partial charge on any atom is -0.380 e. The van der Waals surface area contributed by atoms with Crippen LogP contribution in [0.1, 0.15) is 45.4 Å². The van der Waals surface area contributed by atoms with Gasteiger partial charge in [0.1, 0.15) is 0 Å². The van der Waals surface area contributed by atoms with Crippen LogP contribution in [0.5, 0.6) is 0 Å². The molecule has 1 N–H and O–H groups in total. The molecule has 0 amide bonds. The summed E-state index contributed by atoms with van der Waals surface area (Å²) in [5.74, 6) is 5.07. The van der Waals surface area contributed by atoms with E-state index in [2.05, 4.69) is 19.3 Å². The molecule has 0 aliphatic heterocycles. The summed E-state index contributed by atoms with van der Waals surface area (Å²) in [6.07, 6.45) is 8.76. The van der Waals surface area contributed by atoms with Crippen LogP contribution in [-0.4, -0.2) is 26.3 Å². The molecule has 0 heterocycles. The van der Waals surface area contributed by atoms with E-state index in [-0.39, 0.29) is 0 Å². The molecule has 4 saturated carbocycles. The highest BCUT2D eigenvalue weighted by Gasteiger charge is 2.50. The Kier molecular flexibility index (Phi) is 3.95. The minimum absolute atomic E-state index is 0.603. The fourth-order valence-corrected chi connectivity index (χ4v) is 5.37. The van der Waals surface area contributed by atoms with E-state index in [0.717, 1.165) is 49.2 Å². The van der Waals surface area contributed by atoms with Gasteiger partial charge in [-0.25, -0.2) is 0 Å². The molecule has 4 rings (SSSR count). The van der Waals surface area contributed by atoms with Crippen LogP contribution >= 0.6 is 0 Å². The van der Waals surface area contributed by atoms with Crippen LogP contribution in [0.3, 0.4) is 0 Å². The lowest BCUT2D eigenvalue weighted by Crippen LogP contribution is -2.53. The molecule has 18 heavy (non-hydrogen) atoms. The van der Waals surface area contributed by atoms with Gasteiger partial charge in [0.2, 0.25) is 0 Å². The summed E-state index contributed by atoms with van der Waals surface area (Å²) in [6, 6.07) is 0.603. The lowest BCUT2D eigenvalue weighted by atomic mass is 9.50. The maximum Gasteiger partial charge on any atom is 0.0622 e. The van der Waals surface area contributed by atoms with Crippen molar-refractivity contribution in [3.8, 4) is 0 Å². The normalized spacial score (nSPS) is 43.3. The van der Waals surface area contributed by atoms with E-state index in [9.17, 15) is 0 Å². The Bertz CT molecular complexity index is 250. The van der Waals surface area contributed by atoms with Crippen molar-refractivity contribution in [2.45, 2.75) is 51.5 Å². The summed E-state index contributed by atoms with van der Waals surface area (Å²) >= 11 is 0. The van der Waals surface area contributed by atoms with Gasteiger partial charge in [0, 0.05) is 12.6 Å². The van der Waals surface area contributed by atoms with Crippen molar-refractivity contribution in [3.05, 3.63) is 0 Å². The van der Waals surface area contributed by atoms with Gasteiger partial charge < -0.3 is 10.1 Å². The zero-order valence-electron chi connectivity index (χ0n) is 12.0. The lowest BCUT2D eigenvalue weighted by molar-refractivity contribution is -0.0636. The zero-order chi connectivity index (χ0) is 12.5. The van der Waals surface area contributed by atoms with Crippen LogP contribution < -0.4 is 5.32 Å². The monoisotopic (exact) mass is 251 g/mol. The first-order valence-electron chi connectivity index (χ1n) is 8.06. The highest BCUT2D eigenvalue weighted by molar-refractivity contribution is 5.01. The van der Waals surface area contributed by atoms with E-state index < -0.39 is 0 Å². The molecule has 104 valence electrons. The largest absolute Gasteiger partial charge is 0.380 e. The highest BCUT2D eigenvalue weighted by Crippen LogP contribution is 2.57. The van der Waals surface area contributed by atoms with E-state index in [4.69, 9.17) is 4.74 Å². The standard InChI is InChI=1S/C16H29NO/c1-3-4-18-10-15(17-2)16-13-6-11-5-12(8-13)9-14(16)7-11/h11-17H,3-10H2,1-2H3. The molecule has 4 bridgehead atoms. The maximum absolute atomic E-state index is 5.83. The van der Waals surface area contributed by atoms with E-state index in [1.165, 1.54) is 25.7 Å². The predicted octanol–water partition coefficient (Wildman–Crippen LogP) is 3.07. The van der Waals surface area contributed by atoms with Crippen LogP contribution in [0.15, 0.2) is 0 Å². The third kappa shape index (κ3) is 2.34. The average molecular weight is 251 g/mol. The third-order valence-electron chi connectivity index (χ3n) is 5.78. The van der Waals surface area contributed by atoms with Gasteiger partial charge >= 0.3 is 0 Å². The second-order valence-corrected chi connectivity index (χ2v) is 6.98. The maximum atomic E-state index is 5.83. The molecule has 1 unspecified atom stereocenters. The smallest absolute Gasteiger partial charge is 0.0622 e. The molecule has 2 nitrogen and oxygen atoms in total. The van der Waals surface area contributed by atoms with Gasteiger partial charge in [-0.3, -0.25) is 0 Å². The first-order chi connectivity index (χ1) is 8.81. The number of rotatable bonds is 6. The molecule has 0 spiro atoms. The molecule has 4 aliphatic carbocycles. The highest BCUT2D eigenvalue weighted by atomic mass is 16.5. The Morgan fingerprint density at radius 3 is 2.17 bits per heavy atom. The SMILES string of the molecule is CCCOCC(NC)C1C2CC3CC(C2)CC1C3. The van der Waals surface area contributed by atoms with Gasteiger partial charge in [0.05, 0.1) is 6.61 Å². The Balaban J connectivity index is 1.63. The number of hydrogen-bond acceptors (Lipinski definition) is 2. The van der Waals surface area contributed by atoms with Crippen molar-refractivity contribution in [2.24, 2.45) is 29.6 Å². The summed E-state index contributed by atoms with van der Waals surface area (Å²) in [4.78, 5) is 0. The Morgan fingerprint density at radius 1 is 1.06 bits per heavy atom. The average Bonchev–Trinajstić information content (AvgIpc) is 2.35. The van der Waals surface area contributed by atoms with Gasteiger partial charge in [-0.05, 0) is 75.2 Å². The molecular formula is C16H29NO. The summed E-state index contributed by atoms with van der Waals surface area (Å²) in [5.41, 5.74) is 0. The number of ether oxygens (including phenoxy) is 1. The van der Waals surface area contributed by atoms with Crippen LogP contribution in [0, 0.1) is 29.6 Å². The minimum atomic E-state index is 0.603. The van der Waals surface area contributed by atoms with E-state index in [0.29, 0.717) is 6.04 Å². The second-order valence-electron chi connectivity index (χ2n) is 6.98. The predicted molar refractivity (Wildman–Crippen MR) is 74.5 cm³/mol. The molecule has 4 fully saturated rings. The molecule has 2 heteroatoms. The molecule has 0 aromatic carbocycles. The van der Waals surface area contributed by atoms with Crippen molar-refractivity contribution >= 4 is 0 Å². The first-order valence-corrected chi connectivity index (χ1v) is 8.06. The summed E-state index contributed by atoms with van der Waals surface area (Å²) < 4.78 is 5.83. The molecule has 0 aromatic rings. The lowest BCUT2D eigenvalue weighted by Gasteiger charge is -2.56. The first kappa shape index (κ1) is 12.9. The number of nitrogens with one attached hydrogen (secondary N) is 1. The van der Waals surface area contributed by atoms with Gasteiger partial charge in [-0.15, -0.1) is 0 Å². The van der Waals surface area contributed by atoms with Gasteiger partial charge in [-0.1, -0.05) is 6.92 Å². The van der Waals surface area contributed by atoms with Crippen molar-refractivity contribution in [1.29, 1.82) is 0 Å². The Morgan fingerprint density at radius 2 is 1.67 bits per heavy atom. The Hall–Kier alpha value is -0.0800.